The predicted octanol–water partition coefficient (Wildman–Crippen LogP) is 2.36. The molecule has 0 N–H and O–H groups in total. The molecule has 0 aromatic rings. The van der Waals surface area contributed by atoms with Gasteiger partial charge in [-0.25, -0.2) is 0 Å². The molecule has 0 amide bonds. The van der Waals surface area contributed by atoms with Gasteiger partial charge in [0.25, 0.3) is 0 Å². The number of hydrogen-bond donors (Lipinski definition) is 0. The molecule has 0 aromatic carbocycles. The lowest BCUT2D eigenvalue weighted by atomic mass is 9.70. The lowest BCUT2D eigenvalue weighted by molar-refractivity contribution is 0.363. The highest BCUT2D eigenvalue weighted by atomic mass is 14.3. The van der Waals surface area contributed by atoms with E-state index in [1.807, 2.05) is 0 Å². The third-order valence-corrected chi connectivity index (χ3v) is 2.55. The Hall–Kier alpha value is -0.260. The Bertz CT molecular complexity index is 133. The number of hydrogen-bond acceptors (Lipinski definition) is 0. The van der Waals surface area contributed by atoms with E-state index >= 15 is 0 Å². The molecular formula is C8H12. The van der Waals surface area contributed by atoms with Crippen LogP contribution >= 0.6 is 0 Å². The molecule has 0 radical (unpaired) electrons. The fourth-order valence-electron chi connectivity index (χ4n) is 1.77. The van der Waals surface area contributed by atoms with E-state index in [1.54, 1.807) is 5.57 Å². The van der Waals surface area contributed by atoms with Crippen molar-refractivity contribution in [2.45, 2.75) is 26.2 Å². The molecule has 0 nitrogen and oxygen atoms in total. The highest BCUT2D eigenvalue weighted by molar-refractivity contribution is 5.22. The first-order valence-electron chi connectivity index (χ1n) is 3.57. The molecule has 44 valence electrons. The summed E-state index contributed by atoms with van der Waals surface area (Å²) < 4.78 is 0. The van der Waals surface area contributed by atoms with Gasteiger partial charge in [0.1, 0.15) is 0 Å². The van der Waals surface area contributed by atoms with Crippen molar-refractivity contribution < 1.29 is 0 Å². The van der Waals surface area contributed by atoms with Crippen LogP contribution in [0.3, 0.4) is 0 Å². The van der Waals surface area contributed by atoms with Crippen LogP contribution in [0.4, 0.5) is 0 Å². The zero-order valence-corrected chi connectivity index (χ0v) is 5.35. The number of allylic oxidation sites excluding steroid dienone is 2. The third kappa shape index (κ3) is 0.460. The van der Waals surface area contributed by atoms with Gasteiger partial charge in [-0.2, -0.15) is 0 Å². The van der Waals surface area contributed by atoms with Crippen LogP contribution in [0.15, 0.2) is 11.6 Å². The van der Waals surface area contributed by atoms with Crippen molar-refractivity contribution in [1.82, 2.24) is 0 Å². The minimum atomic E-state index is 0.931. The van der Waals surface area contributed by atoms with Crippen LogP contribution in [-0.2, 0) is 0 Å². The van der Waals surface area contributed by atoms with Gasteiger partial charge in [-0.1, -0.05) is 18.6 Å². The maximum atomic E-state index is 2.47. The average Bonchev–Trinajstić information content (AvgIpc) is 1.62. The normalized spacial score (nSPS) is 42.9. The summed E-state index contributed by atoms with van der Waals surface area (Å²) in [5.41, 5.74) is 1.74. The second-order valence-corrected chi connectivity index (χ2v) is 3.18. The minimum absolute atomic E-state index is 0.931. The minimum Gasteiger partial charge on any atom is -0.0816 e. The molecule has 0 spiro atoms. The number of rotatable bonds is 0. The van der Waals surface area contributed by atoms with E-state index in [4.69, 9.17) is 0 Å². The van der Waals surface area contributed by atoms with Crippen molar-refractivity contribution in [3.63, 3.8) is 0 Å². The SMILES string of the molecule is CC1CCC2C=C1C2. The summed E-state index contributed by atoms with van der Waals surface area (Å²) in [5, 5.41) is 0. The molecule has 2 atom stereocenters. The first kappa shape index (κ1) is 4.60. The van der Waals surface area contributed by atoms with E-state index in [-0.39, 0.29) is 0 Å². The zero-order chi connectivity index (χ0) is 5.56. The van der Waals surface area contributed by atoms with Crippen molar-refractivity contribution in [3.05, 3.63) is 11.6 Å². The summed E-state index contributed by atoms with van der Waals surface area (Å²) in [6, 6.07) is 0. The lowest BCUT2D eigenvalue weighted by Crippen LogP contribution is -2.22. The Morgan fingerprint density at radius 1 is 1.50 bits per heavy atom. The second-order valence-electron chi connectivity index (χ2n) is 3.18. The van der Waals surface area contributed by atoms with E-state index in [0.29, 0.717) is 0 Å². The van der Waals surface area contributed by atoms with Crippen LogP contribution in [0.25, 0.3) is 0 Å². The highest BCUT2D eigenvalue weighted by Crippen LogP contribution is 2.42. The van der Waals surface area contributed by atoms with Crippen molar-refractivity contribution in [1.29, 1.82) is 0 Å². The summed E-state index contributed by atoms with van der Waals surface area (Å²) in [4.78, 5) is 0. The van der Waals surface area contributed by atoms with Crippen molar-refractivity contribution in [2.75, 3.05) is 0 Å². The maximum absolute atomic E-state index is 2.47. The monoisotopic (exact) mass is 108 g/mol. The second kappa shape index (κ2) is 1.37. The summed E-state index contributed by atoms with van der Waals surface area (Å²) >= 11 is 0. The van der Waals surface area contributed by atoms with Gasteiger partial charge in [-0.3, -0.25) is 0 Å². The Balaban J connectivity index is 2.20. The van der Waals surface area contributed by atoms with Gasteiger partial charge in [0.2, 0.25) is 0 Å². The highest BCUT2D eigenvalue weighted by Gasteiger charge is 2.28. The molecule has 1 fully saturated rings. The molecule has 0 heterocycles. The predicted molar refractivity (Wildman–Crippen MR) is 34.6 cm³/mol. The molecule has 3 aliphatic carbocycles. The van der Waals surface area contributed by atoms with Gasteiger partial charge in [-0.15, -0.1) is 0 Å². The van der Waals surface area contributed by atoms with Crippen molar-refractivity contribution in [3.8, 4) is 0 Å². The molecule has 3 rings (SSSR count). The molecule has 0 heteroatoms. The van der Waals surface area contributed by atoms with Gasteiger partial charge in [0.15, 0.2) is 0 Å². The van der Waals surface area contributed by atoms with E-state index < -0.39 is 0 Å². The quantitative estimate of drug-likeness (QED) is 0.418. The zero-order valence-electron chi connectivity index (χ0n) is 5.35. The van der Waals surface area contributed by atoms with Crippen LogP contribution in [0.2, 0.25) is 0 Å². The largest absolute Gasteiger partial charge is 0.0816 e. The third-order valence-electron chi connectivity index (χ3n) is 2.55. The Kier molecular flexibility index (Phi) is 0.787. The summed E-state index contributed by atoms with van der Waals surface area (Å²) in [6.45, 7) is 2.35. The Labute approximate surface area is 50.6 Å². The smallest absolute Gasteiger partial charge is 0.0193 e. The topological polar surface area (TPSA) is 0 Å². The lowest BCUT2D eigenvalue weighted by Gasteiger charge is -2.36. The van der Waals surface area contributed by atoms with E-state index in [2.05, 4.69) is 13.0 Å². The summed E-state index contributed by atoms with van der Waals surface area (Å²) in [5.74, 6) is 1.93. The molecule has 0 aromatic heterocycles. The van der Waals surface area contributed by atoms with Gasteiger partial charge >= 0.3 is 0 Å². The molecule has 8 heavy (non-hydrogen) atoms. The van der Waals surface area contributed by atoms with E-state index in [0.717, 1.165) is 11.8 Å². The number of fused-ring (bicyclic) bond motifs is 2. The molecule has 3 aliphatic rings. The molecule has 1 saturated carbocycles. The van der Waals surface area contributed by atoms with Crippen LogP contribution in [-0.4, -0.2) is 0 Å². The van der Waals surface area contributed by atoms with E-state index in [1.165, 1.54) is 19.3 Å². The van der Waals surface area contributed by atoms with Crippen molar-refractivity contribution >= 4 is 0 Å². The van der Waals surface area contributed by atoms with Gasteiger partial charge in [-0.05, 0) is 31.1 Å². The van der Waals surface area contributed by atoms with Gasteiger partial charge in [0, 0.05) is 0 Å². The van der Waals surface area contributed by atoms with Gasteiger partial charge in [0.05, 0.1) is 0 Å². The fourth-order valence-corrected chi connectivity index (χ4v) is 1.77. The van der Waals surface area contributed by atoms with Crippen molar-refractivity contribution in [2.24, 2.45) is 11.8 Å². The summed E-state index contributed by atoms with van der Waals surface area (Å²) in [7, 11) is 0. The maximum Gasteiger partial charge on any atom is -0.0193 e. The van der Waals surface area contributed by atoms with Crippen LogP contribution < -0.4 is 0 Å². The first-order valence-corrected chi connectivity index (χ1v) is 3.57. The van der Waals surface area contributed by atoms with Crippen LogP contribution in [0, 0.1) is 11.8 Å². The molecular weight excluding hydrogens is 96.1 g/mol. The fraction of sp³-hybridized carbons (Fsp3) is 0.750. The molecule has 0 saturated heterocycles. The average molecular weight is 108 g/mol. The summed E-state index contributed by atoms with van der Waals surface area (Å²) in [6.07, 6.45) is 6.82. The molecule has 0 aliphatic heterocycles. The van der Waals surface area contributed by atoms with Crippen LogP contribution in [0.1, 0.15) is 26.2 Å². The first-order chi connectivity index (χ1) is 3.86. The molecule has 2 unspecified atom stereocenters. The Morgan fingerprint density at radius 2 is 2.25 bits per heavy atom. The van der Waals surface area contributed by atoms with E-state index in [9.17, 15) is 0 Å². The Morgan fingerprint density at radius 3 is 2.50 bits per heavy atom. The van der Waals surface area contributed by atoms with Gasteiger partial charge < -0.3 is 0 Å². The standard InChI is InChI=1S/C8H12/c1-6-2-3-7-4-8(6)5-7/h4,6-7H,2-3,5H2,1H3. The molecule has 2 bridgehead atoms. The van der Waals surface area contributed by atoms with Crippen LogP contribution in [0.5, 0.6) is 0 Å².